The van der Waals surface area contributed by atoms with E-state index in [9.17, 15) is 13.2 Å². The topological polar surface area (TPSA) is 66.0 Å². The van der Waals surface area contributed by atoms with E-state index in [1.807, 2.05) is 0 Å². The Labute approximate surface area is 153 Å². The fraction of sp³-hybridized carbons (Fsp3) is 0.562. The largest absolute Gasteiger partial charge is 0.420 e. The molecule has 142 valence electrons. The molecule has 0 atom stereocenters. The number of aromatic nitrogens is 3. The summed E-state index contributed by atoms with van der Waals surface area (Å²) in [6.07, 6.45) is -0.442. The van der Waals surface area contributed by atoms with Crippen LogP contribution < -0.4 is 10.6 Å². The van der Waals surface area contributed by atoms with E-state index in [4.69, 9.17) is 0 Å². The highest BCUT2D eigenvalue weighted by Crippen LogP contribution is 2.38. The first-order valence-corrected chi connectivity index (χ1v) is 9.29. The van der Waals surface area contributed by atoms with Crippen molar-refractivity contribution in [2.24, 2.45) is 0 Å². The van der Waals surface area contributed by atoms with Gasteiger partial charge in [-0.1, -0.05) is 18.3 Å². The lowest BCUT2D eigenvalue weighted by atomic mass is 10.1. The van der Waals surface area contributed by atoms with E-state index in [2.05, 4.69) is 37.4 Å². The molecular weight excluding hydrogens is 365 g/mol. The third-order valence-electron chi connectivity index (χ3n) is 4.42. The Morgan fingerprint density at radius 3 is 2.54 bits per heavy atom. The second-order valence-electron chi connectivity index (χ2n) is 6.09. The summed E-state index contributed by atoms with van der Waals surface area (Å²) in [7, 11) is 1.67. The number of likely N-dealkylation sites (tertiary alicyclic amines) is 1. The van der Waals surface area contributed by atoms with Crippen LogP contribution in [0.2, 0.25) is 0 Å². The van der Waals surface area contributed by atoms with Crippen molar-refractivity contribution < 1.29 is 13.2 Å². The third-order valence-corrected chi connectivity index (χ3v) is 5.44. The summed E-state index contributed by atoms with van der Waals surface area (Å²) in [5.74, 6) is 0.224. The van der Waals surface area contributed by atoms with Gasteiger partial charge in [0, 0.05) is 38.6 Å². The first kappa shape index (κ1) is 18.8. The van der Waals surface area contributed by atoms with Crippen LogP contribution in [0.25, 0.3) is 10.6 Å². The molecule has 2 aromatic rings. The van der Waals surface area contributed by atoms with Crippen molar-refractivity contribution in [3.05, 3.63) is 18.0 Å². The van der Waals surface area contributed by atoms with Gasteiger partial charge in [-0.3, -0.25) is 0 Å². The van der Waals surface area contributed by atoms with E-state index in [1.165, 1.54) is 6.20 Å². The standard InChI is InChI=1S/C16H21F3N6S/c1-3-25-6-4-10(5-7-25)23-14-21-8-11(16(17,18)19)13(24-14)12-9-22-15(20-2)26-12/h8-10H,3-7H2,1-2H3,(H,20,22)(H,21,23,24). The minimum absolute atomic E-state index is 0.139. The van der Waals surface area contributed by atoms with Gasteiger partial charge in [0.05, 0.1) is 10.6 Å². The predicted octanol–water partition coefficient (Wildman–Crippen LogP) is 3.56. The van der Waals surface area contributed by atoms with E-state index in [-0.39, 0.29) is 17.7 Å². The lowest BCUT2D eigenvalue weighted by Crippen LogP contribution is -2.39. The number of thiazole rings is 1. The van der Waals surface area contributed by atoms with Crippen LogP contribution in [0.5, 0.6) is 0 Å². The zero-order valence-corrected chi connectivity index (χ0v) is 15.4. The normalized spacial score (nSPS) is 16.7. The van der Waals surface area contributed by atoms with Gasteiger partial charge < -0.3 is 15.5 Å². The van der Waals surface area contributed by atoms with Gasteiger partial charge in [-0.15, -0.1) is 0 Å². The molecule has 1 fully saturated rings. The molecule has 2 N–H and O–H groups in total. The quantitative estimate of drug-likeness (QED) is 0.819. The highest BCUT2D eigenvalue weighted by Gasteiger charge is 2.36. The Morgan fingerprint density at radius 1 is 1.23 bits per heavy atom. The molecular formula is C16H21F3N6S. The highest BCUT2D eigenvalue weighted by atomic mass is 32.1. The maximum absolute atomic E-state index is 13.4. The fourth-order valence-electron chi connectivity index (χ4n) is 2.92. The van der Waals surface area contributed by atoms with Crippen molar-refractivity contribution in [2.45, 2.75) is 32.0 Å². The first-order valence-electron chi connectivity index (χ1n) is 8.47. The van der Waals surface area contributed by atoms with Gasteiger partial charge in [0.25, 0.3) is 0 Å². The second kappa shape index (κ2) is 7.75. The number of rotatable bonds is 5. The Bertz CT molecular complexity index is 740. The maximum Gasteiger partial charge on any atom is 0.420 e. The molecule has 10 heteroatoms. The van der Waals surface area contributed by atoms with Crippen molar-refractivity contribution in [1.82, 2.24) is 19.9 Å². The molecule has 1 aliphatic heterocycles. The minimum Gasteiger partial charge on any atom is -0.365 e. The molecule has 3 rings (SSSR count). The van der Waals surface area contributed by atoms with E-state index in [0.29, 0.717) is 10.0 Å². The summed E-state index contributed by atoms with van der Waals surface area (Å²) in [6, 6.07) is 0.164. The van der Waals surface area contributed by atoms with E-state index in [0.717, 1.165) is 50.0 Å². The van der Waals surface area contributed by atoms with Crippen LogP contribution in [0.15, 0.2) is 12.4 Å². The van der Waals surface area contributed by atoms with Crippen LogP contribution in [0.1, 0.15) is 25.3 Å². The molecule has 0 spiro atoms. The maximum atomic E-state index is 13.4. The Morgan fingerprint density at radius 2 is 1.96 bits per heavy atom. The molecule has 2 aromatic heterocycles. The minimum atomic E-state index is -4.52. The van der Waals surface area contributed by atoms with Crippen LogP contribution in [-0.4, -0.2) is 52.6 Å². The van der Waals surface area contributed by atoms with Gasteiger partial charge in [0.15, 0.2) is 5.13 Å². The molecule has 6 nitrogen and oxygen atoms in total. The Balaban J connectivity index is 1.85. The van der Waals surface area contributed by atoms with Crippen molar-refractivity contribution in [3.63, 3.8) is 0 Å². The summed E-state index contributed by atoms with van der Waals surface area (Å²) in [6.45, 7) is 5.05. The van der Waals surface area contributed by atoms with Gasteiger partial charge >= 0.3 is 6.18 Å². The molecule has 0 aromatic carbocycles. The first-order chi connectivity index (χ1) is 12.4. The van der Waals surface area contributed by atoms with Crippen molar-refractivity contribution >= 4 is 22.4 Å². The average Bonchev–Trinajstić information content (AvgIpc) is 3.10. The van der Waals surface area contributed by atoms with Gasteiger partial charge in [0.1, 0.15) is 5.56 Å². The number of hydrogen-bond acceptors (Lipinski definition) is 7. The van der Waals surface area contributed by atoms with Crippen LogP contribution in [0, 0.1) is 0 Å². The second-order valence-corrected chi connectivity index (χ2v) is 7.12. The number of hydrogen-bond donors (Lipinski definition) is 2. The lowest BCUT2D eigenvalue weighted by molar-refractivity contribution is -0.137. The molecule has 1 saturated heterocycles. The van der Waals surface area contributed by atoms with Crippen LogP contribution in [0.3, 0.4) is 0 Å². The fourth-order valence-corrected chi connectivity index (χ4v) is 3.70. The molecule has 1 aliphatic rings. The van der Waals surface area contributed by atoms with Gasteiger partial charge in [-0.05, 0) is 19.4 Å². The molecule has 0 radical (unpaired) electrons. The van der Waals surface area contributed by atoms with E-state index < -0.39 is 11.7 Å². The molecule has 26 heavy (non-hydrogen) atoms. The summed E-state index contributed by atoms with van der Waals surface area (Å²) in [5.41, 5.74) is -0.991. The predicted molar refractivity (Wildman–Crippen MR) is 96.4 cm³/mol. The SMILES string of the molecule is CCN1CCC(Nc2ncc(C(F)(F)F)c(-c3cnc(NC)s3)n2)CC1. The van der Waals surface area contributed by atoms with Crippen LogP contribution in [-0.2, 0) is 6.18 Å². The smallest absolute Gasteiger partial charge is 0.365 e. The molecule has 0 amide bonds. The number of alkyl halides is 3. The summed E-state index contributed by atoms with van der Waals surface area (Å²) >= 11 is 1.13. The molecule has 0 unspecified atom stereocenters. The lowest BCUT2D eigenvalue weighted by Gasteiger charge is -2.31. The van der Waals surface area contributed by atoms with Gasteiger partial charge in [0.2, 0.25) is 5.95 Å². The number of piperidine rings is 1. The van der Waals surface area contributed by atoms with Gasteiger partial charge in [-0.25, -0.2) is 15.0 Å². The van der Waals surface area contributed by atoms with E-state index in [1.54, 1.807) is 7.05 Å². The third kappa shape index (κ3) is 4.24. The zero-order valence-electron chi connectivity index (χ0n) is 14.6. The van der Waals surface area contributed by atoms with Crippen molar-refractivity contribution in [3.8, 4) is 10.6 Å². The summed E-state index contributed by atoms with van der Waals surface area (Å²) < 4.78 is 40.1. The summed E-state index contributed by atoms with van der Waals surface area (Å²) in [4.78, 5) is 14.8. The molecule has 3 heterocycles. The van der Waals surface area contributed by atoms with Crippen molar-refractivity contribution in [2.75, 3.05) is 37.3 Å². The number of anilines is 2. The molecule has 0 saturated carbocycles. The van der Waals surface area contributed by atoms with Crippen LogP contribution >= 0.6 is 11.3 Å². The number of halogens is 3. The number of nitrogens with one attached hydrogen (secondary N) is 2. The van der Waals surface area contributed by atoms with Crippen LogP contribution in [0.4, 0.5) is 24.3 Å². The molecule has 0 aliphatic carbocycles. The summed E-state index contributed by atoms with van der Waals surface area (Å²) in [5, 5.41) is 6.55. The average molecular weight is 386 g/mol. The zero-order chi connectivity index (χ0) is 18.7. The Hall–Kier alpha value is -1.94. The molecule has 0 bridgehead atoms. The van der Waals surface area contributed by atoms with Crippen molar-refractivity contribution in [1.29, 1.82) is 0 Å². The monoisotopic (exact) mass is 386 g/mol. The van der Waals surface area contributed by atoms with Gasteiger partial charge in [-0.2, -0.15) is 13.2 Å². The van der Waals surface area contributed by atoms with E-state index >= 15 is 0 Å². The number of nitrogens with zero attached hydrogens (tertiary/aromatic N) is 4. The highest BCUT2D eigenvalue weighted by molar-refractivity contribution is 7.18. The Kier molecular flexibility index (Phi) is 5.61.